The Morgan fingerprint density at radius 2 is 1.11 bits per heavy atom. The fourth-order valence-corrected chi connectivity index (χ4v) is 2.72. The summed E-state index contributed by atoms with van der Waals surface area (Å²) in [5, 5.41) is 0. The van der Waals surface area contributed by atoms with Gasteiger partial charge < -0.3 is 0 Å². The zero-order valence-corrected chi connectivity index (χ0v) is 13.8. The molecule has 0 radical (unpaired) electrons. The summed E-state index contributed by atoms with van der Waals surface area (Å²) < 4.78 is 0. The topological polar surface area (TPSA) is 0 Å². The number of rotatable bonds is 12. The van der Waals surface area contributed by atoms with Crippen LogP contribution in [0.1, 0.15) is 98.8 Å². The quantitative estimate of drug-likeness (QED) is 0.335. The molecule has 2 unspecified atom stereocenters. The van der Waals surface area contributed by atoms with E-state index in [0.29, 0.717) is 0 Å². The van der Waals surface area contributed by atoms with Gasteiger partial charge >= 0.3 is 0 Å². The second-order valence-corrected chi connectivity index (χ2v) is 6.95. The van der Waals surface area contributed by atoms with Crippen molar-refractivity contribution in [3.05, 3.63) is 0 Å². The molecule has 0 fully saturated rings. The maximum absolute atomic E-state index is 2.44. The normalized spacial score (nSPS) is 15.0. The Balaban J connectivity index is 3.20. The Morgan fingerprint density at radius 1 is 0.611 bits per heavy atom. The van der Waals surface area contributed by atoms with E-state index in [1.54, 1.807) is 0 Å². The molecule has 0 N–H and O–H groups in total. The Morgan fingerprint density at radius 3 is 1.61 bits per heavy atom. The minimum absolute atomic E-state index is 0.895. The highest BCUT2D eigenvalue weighted by Crippen LogP contribution is 2.20. The van der Waals surface area contributed by atoms with Crippen LogP contribution in [0.4, 0.5) is 0 Å². The van der Waals surface area contributed by atoms with Gasteiger partial charge in [-0.2, -0.15) is 0 Å². The van der Waals surface area contributed by atoms with Gasteiger partial charge in [0.05, 0.1) is 0 Å². The summed E-state index contributed by atoms with van der Waals surface area (Å²) in [5.74, 6) is 2.77. The van der Waals surface area contributed by atoms with Crippen LogP contribution in [0.3, 0.4) is 0 Å². The Bertz CT molecular complexity index is 159. The molecule has 0 heterocycles. The number of hydrogen-bond donors (Lipinski definition) is 0. The molecule has 0 aromatic carbocycles. The second kappa shape index (κ2) is 12.1. The fraction of sp³-hybridized carbons (Fsp3) is 1.00. The van der Waals surface area contributed by atoms with Crippen LogP contribution in [0, 0.1) is 17.8 Å². The molecule has 0 aliphatic carbocycles. The summed E-state index contributed by atoms with van der Waals surface area (Å²) in [6.45, 7) is 11.8. The van der Waals surface area contributed by atoms with Crippen molar-refractivity contribution < 1.29 is 0 Å². The van der Waals surface area contributed by atoms with Gasteiger partial charge in [0.2, 0.25) is 0 Å². The molecule has 0 aliphatic rings. The molecule has 0 saturated heterocycles. The van der Waals surface area contributed by atoms with E-state index < -0.39 is 0 Å². The van der Waals surface area contributed by atoms with Crippen molar-refractivity contribution in [1.29, 1.82) is 0 Å². The van der Waals surface area contributed by atoms with Crippen LogP contribution < -0.4 is 0 Å². The van der Waals surface area contributed by atoms with Crippen LogP contribution >= 0.6 is 0 Å². The van der Waals surface area contributed by atoms with Crippen LogP contribution in [0.5, 0.6) is 0 Å². The molecule has 0 aliphatic heterocycles. The molecule has 0 aromatic heterocycles. The van der Waals surface area contributed by atoms with E-state index in [1.165, 1.54) is 64.2 Å². The average molecular weight is 255 g/mol. The highest BCUT2D eigenvalue weighted by molar-refractivity contribution is 4.59. The Labute approximate surface area is 117 Å². The molecule has 18 heavy (non-hydrogen) atoms. The summed E-state index contributed by atoms with van der Waals surface area (Å²) in [7, 11) is 0. The smallest absolute Gasteiger partial charge is 0.0440 e. The van der Waals surface area contributed by atoms with Crippen molar-refractivity contribution in [2.24, 2.45) is 17.8 Å². The summed E-state index contributed by atoms with van der Waals surface area (Å²) in [4.78, 5) is 0. The highest BCUT2D eigenvalue weighted by atomic mass is 14.1. The lowest BCUT2D eigenvalue weighted by Crippen LogP contribution is -2.02. The van der Waals surface area contributed by atoms with E-state index in [0.717, 1.165) is 17.8 Å². The standard InChI is InChI=1S/C18H38/c1-6-17(4)15-18(5)14-12-10-8-7-9-11-13-16(2)3/h16-18H,6-15H2,1-5H3. The third kappa shape index (κ3) is 12.5. The van der Waals surface area contributed by atoms with Crippen molar-refractivity contribution in [3.8, 4) is 0 Å². The predicted octanol–water partition coefficient (Wildman–Crippen LogP) is 6.84. The van der Waals surface area contributed by atoms with E-state index in [-0.39, 0.29) is 0 Å². The molecule has 0 saturated carbocycles. The Hall–Kier alpha value is 0. The first-order valence-corrected chi connectivity index (χ1v) is 8.56. The molecule has 2 atom stereocenters. The van der Waals surface area contributed by atoms with Gasteiger partial charge in [-0.3, -0.25) is 0 Å². The van der Waals surface area contributed by atoms with Gasteiger partial charge in [-0.15, -0.1) is 0 Å². The second-order valence-electron chi connectivity index (χ2n) is 6.95. The lowest BCUT2D eigenvalue weighted by Gasteiger charge is -2.15. The van der Waals surface area contributed by atoms with Gasteiger partial charge in [0.15, 0.2) is 0 Å². The zero-order chi connectivity index (χ0) is 13.8. The largest absolute Gasteiger partial charge is 0.0651 e. The van der Waals surface area contributed by atoms with Crippen molar-refractivity contribution in [1.82, 2.24) is 0 Å². The third-order valence-electron chi connectivity index (χ3n) is 4.23. The van der Waals surface area contributed by atoms with Gasteiger partial charge in [-0.1, -0.05) is 92.4 Å². The first kappa shape index (κ1) is 18.0. The maximum Gasteiger partial charge on any atom is -0.0440 e. The van der Waals surface area contributed by atoms with Crippen molar-refractivity contribution in [2.75, 3.05) is 0 Å². The monoisotopic (exact) mass is 254 g/mol. The predicted molar refractivity (Wildman–Crippen MR) is 85.0 cm³/mol. The zero-order valence-electron chi connectivity index (χ0n) is 13.8. The van der Waals surface area contributed by atoms with Gasteiger partial charge in [0.1, 0.15) is 0 Å². The molecule has 110 valence electrons. The molecule has 0 nitrogen and oxygen atoms in total. The summed E-state index contributed by atoms with van der Waals surface area (Å²) in [6, 6.07) is 0. The SMILES string of the molecule is CCC(C)CC(C)CCCCCCCCC(C)C. The van der Waals surface area contributed by atoms with E-state index in [2.05, 4.69) is 34.6 Å². The molecular formula is C18H38. The van der Waals surface area contributed by atoms with Crippen molar-refractivity contribution in [2.45, 2.75) is 98.8 Å². The number of unbranched alkanes of at least 4 members (excludes halogenated alkanes) is 5. The molecule has 0 amide bonds. The van der Waals surface area contributed by atoms with E-state index in [4.69, 9.17) is 0 Å². The minimum atomic E-state index is 0.895. The summed E-state index contributed by atoms with van der Waals surface area (Å²) in [6.07, 6.45) is 14.4. The van der Waals surface area contributed by atoms with Crippen LogP contribution in [0.25, 0.3) is 0 Å². The third-order valence-corrected chi connectivity index (χ3v) is 4.23. The first-order chi connectivity index (χ1) is 8.56. The minimum Gasteiger partial charge on any atom is -0.0651 e. The lowest BCUT2D eigenvalue weighted by molar-refractivity contribution is 0.373. The maximum atomic E-state index is 2.44. The van der Waals surface area contributed by atoms with Crippen molar-refractivity contribution >= 4 is 0 Å². The highest BCUT2D eigenvalue weighted by Gasteiger charge is 2.06. The molecule has 0 heteroatoms. The van der Waals surface area contributed by atoms with Crippen LogP contribution in [0.15, 0.2) is 0 Å². The lowest BCUT2D eigenvalue weighted by atomic mass is 9.91. The van der Waals surface area contributed by atoms with E-state index in [1.807, 2.05) is 0 Å². The Kier molecular flexibility index (Phi) is 12.1. The van der Waals surface area contributed by atoms with Crippen LogP contribution in [0.2, 0.25) is 0 Å². The van der Waals surface area contributed by atoms with Crippen LogP contribution in [-0.4, -0.2) is 0 Å². The fourth-order valence-electron chi connectivity index (χ4n) is 2.72. The van der Waals surface area contributed by atoms with Gasteiger partial charge in [0, 0.05) is 0 Å². The summed E-state index contributed by atoms with van der Waals surface area (Å²) in [5.41, 5.74) is 0. The molecule has 0 rings (SSSR count). The van der Waals surface area contributed by atoms with Crippen molar-refractivity contribution in [3.63, 3.8) is 0 Å². The van der Waals surface area contributed by atoms with E-state index in [9.17, 15) is 0 Å². The molecule has 0 spiro atoms. The molecular weight excluding hydrogens is 216 g/mol. The first-order valence-electron chi connectivity index (χ1n) is 8.56. The van der Waals surface area contributed by atoms with Gasteiger partial charge in [-0.25, -0.2) is 0 Å². The number of hydrogen-bond acceptors (Lipinski definition) is 0. The molecule has 0 bridgehead atoms. The van der Waals surface area contributed by atoms with Crippen LogP contribution in [-0.2, 0) is 0 Å². The van der Waals surface area contributed by atoms with Gasteiger partial charge in [-0.05, 0) is 24.2 Å². The average Bonchev–Trinajstić information content (AvgIpc) is 2.31. The van der Waals surface area contributed by atoms with E-state index >= 15 is 0 Å². The van der Waals surface area contributed by atoms with Gasteiger partial charge in [0.25, 0.3) is 0 Å². The summed E-state index contributed by atoms with van der Waals surface area (Å²) >= 11 is 0. The molecule has 0 aromatic rings.